The Morgan fingerprint density at radius 3 is 2.91 bits per heavy atom. The minimum absolute atomic E-state index is 0.310. The van der Waals surface area contributed by atoms with Gasteiger partial charge in [-0.2, -0.15) is 0 Å². The average Bonchev–Trinajstić information content (AvgIpc) is 2.39. The van der Waals surface area contributed by atoms with E-state index >= 15 is 0 Å². The highest BCUT2D eigenvalue weighted by atomic mass is 32.1. The molecule has 0 saturated heterocycles. The second-order valence-corrected chi connectivity index (χ2v) is 3.99. The van der Waals surface area contributed by atoms with Gasteiger partial charge in [0, 0.05) is 17.8 Å². The quantitative estimate of drug-likeness (QED) is 0.712. The Balaban J connectivity index is 2.56. The molecule has 2 nitrogen and oxygen atoms in total. The number of hydrogen-bond acceptors (Lipinski definition) is 3. The molecule has 1 aromatic rings. The number of thiophene rings is 1. The SMILES string of the molecule is CC(O)(CN)Cc1cccs1. The Kier molecular flexibility index (Phi) is 2.65. The zero-order valence-electron chi connectivity index (χ0n) is 6.58. The van der Waals surface area contributed by atoms with Gasteiger partial charge in [-0.25, -0.2) is 0 Å². The molecule has 0 bridgehead atoms. The fraction of sp³-hybridized carbons (Fsp3) is 0.500. The van der Waals surface area contributed by atoms with E-state index in [-0.39, 0.29) is 0 Å². The Morgan fingerprint density at radius 1 is 1.73 bits per heavy atom. The first-order chi connectivity index (χ1) is 5.14. The summed E-state index contributed by atoms with van der Waals surface area (Å²) in [6.07, 6.45) is 0.654. The van der Waals surface area contributed by atoms with Crippen molar-refractivity contribution >= 4 is 11.3 Å². The van der Waals surface area contributed by atoms with Gasteiger partial charge in [0.25, 0.3) is 0 Å². The molecule has 62 valence electrons. The minimum atomic E-state index is -0.745. The van der Waals surface area contributed by atoms with Gasteiger partial charge >= 0.3 is 0 Å². The summed E-state index contributed by atoms with van der Waals surface area (Å²) in [5, 5.41) is 11.6. The van der Waals surface area contributed by atoms with Crippen LogP contribution in [0.3, 0.4) is 0 Å². The van der Waals surface area contributed by atoms with Crippen molar-refractivity contribution in [1.82, 2.24) is 0 Å². The summed E-state index contributed by atoms with van der Waals surface area (Å²) in [5.74, 6) is 0. The van der Waals surface area contributed by atoms with Crippen molar-refractivity contribution < 1.29 is 5.11 Å². The Labute approximate surface area is 70.7 Å². The highest BCUT2D eigenvalue weighted by Gasteiger charge is 2.18. The van der Waals surface area contributed by atoms with E-state index < -0.39 is 5.60 Å². The molecule has 3 heteroatoms. The van der Waals surface area contributed by atoms with Gasteiger partial charge < -0.3 is 10.8 Å². The summed E-state index contributed by atoms with van der Waals surface area (Å²) in [7, 11) is 0. The smallest absolute Gasteiger partial charge is 0.0789 e. The lowest BCUT2D eigenvalue weighted by atomic mass is 10.0. The van der Waals surface area contributed by atoms with E-state index in [2.05, 4.69) is 0 Å². The lowest BCUT2D eigenvalue weighted by Crippen LogP contribution is -2.36. The highest BCUT2D eigenvalue weighted by molar-refractivity contribution is 7.09. The highest BCUT2D eigenvalue weighted by Crippen LogP contribution is 2.16. The molecule has 1 rings (SSSR count). The van der Waals surface area contributed by atoms with Crippen molar-refractivity contribution in [3.63, 3.8) is 0 Å². The van der Waals surface area contributed by atoms with Gasteiger partial charge in [-0.15, -0.1) is 11.3 Å². The number of aliphatic hydroxyl groups is 1. The maximum absolute atomic E-state index is 9.58. The Bertz CT molecular complexity index is 206. The van der Waals surface area contributed by atoms with Crippen LogP contribution in [0.1, 0.15) is 11.8 Å². The number of hydrogen-bond donors (Lipinski definition) is 2. The van der Waals surface area contributed by atoms with Crippen LogP contribution in [0.25, 0.3) is 0 Å². The van der Waals surface area contributed by atoms with E-state index in [9.17, 15) is 5.11 Å². The normalized spacial score (nSPS) is 16.3. The van der Waals surface area contributed by atoms with Crippen LogP contribution in [-0.2, 0) is 6.42 Å². The standard InChI is InChI=1S/C8H13NOS/c1-8(10,6-9)5-7-3-2-4-11-7/h2-4,10H,5-6,9H2,1H3. The predicted octanol–water partition coefficient (Wildman–Crippen LogP) is 1.00. The molecule has 11 heavy (non-hydrogen) atoms. The first-order valence-corrected chi connectivity index (χ1v) is 4.47. The fourth-order valence-electron chi connectivity index (χ4n) is 0.861. The molecule has 0 radical (unpaired) electrons. The average molecular weight is 171 g/mol. The third kappa shape index (κ3) is 2.61. The van der Waals surface area contributed by atoms with Crippen LogP contribution in [-0.4, -0.2) is 17.3 Å². The van der Waals surface area contributed by atoms with Gasteiger partial charge in [-0.3, -0.25) is 0 Å². The first-order valence-electron chi connectivity index (χ1n) is 3.59. The van der Waals surface area contributed by atoms with Crippen molar-refractivity contribution in [2.45, 2.75) is 18.9 Å². The molecule has 0 spiro atoms. The largest absolute Gasteiger partial charge is 0.388 e. The molecule has 3 N–H and O–H groups in total. The van der Waals surface area contributed by atoms with Crippen molar-refractivity contribution in [2.75, 3.05) is 6.54 Å². The van der Waals surface area contributed by atoms with E-state index in [0.29, 0.717) is 13.0 Å². The van der Waals surface area contributed by atoms with Gasteiger partial charge in [0.2, 0.25) is 0 Å². The van der Waals surface area contributed by atoms with Gasteiger partial charge in [-0.1, -0.05) is 6.07 Å². The predicted molar refractivity (Wildman–Crippen MR) is 47.7 cm³/mol. The van der Waals surface area contributed by atoms with Crippen LogP contribution in [0, 0.1) is 0 Å². The first kappa shape index (κ1) is 8.71. The zero-order chi connectivity index (χ0) is 8.32. The molecule has 0 fully saturated rings. The van der Waals surface area contributed by atoms with Crippen LogP contribution in [0.2, 0.25) is 0 Å². The molecule has 1 aromatic heterocycles. The minimum Gasteiger partial charge on any atom is -0.388 e. The maximum Gasteiger partial charge on any atom is 0.0789 e. The Morgan fingerprint density at radius 2 is 2.45 bits per heavy atom. The zero-order valence-corrected chi connectivity index (χ0v) is 7.40. The lowest BCUT2D eigenvalue weighted by molar-refractivity contribution is 0.0705. The number of rotatable bonds is 3. The molecule has 1 atom stereocenters. The second-order valence-electron chi connectivity index (χ2n) is 2.96. The molecule has 0 aromatic carbocycles. The monoisotopic (exact) mass is 171 g/mol. The summed E-state index contributed by atoms with van der Waals surface area (Å²) in [6, 6.07) is 3.99. The third-order valence-electron chi connectivity index (χ3n) is 1.57. The van der Waals surface area contributed by atoms with Gasteiger partial charge in [-0.05, 0) is 18.4 Å². The number of nitrogens with two attached hydrogens (primary N) is 1. The van der Waals surface area contributed by atoms with Crippen molar-refractivity contribution in [3.8, 4) is 0 Å². The van der Waals surface area contributed by atoms with Gasteiger partial charge in [0.1, 0.15) is 0 Å². The molecule has 0 saturated carbocycles. The Hall–Kier alpha value is -0.380. The van der Waals surface area contributed by atoms with E-state index in [4.69, 9.17) is 5.73 Å². The molecular formula is C8H13NOS. The summed E-state index contributed by atoms with van der Waals surface area (Å²) < 4.78 is 0. The van der Waals surface area contributed by atoms with E-state index in [1.807, 2.05) is 17.5 Å². The molecular weight excluding hydrogens is 158 g/mol. The molecule has 0 aliphatic heterocycles. The topological polar surface area (TPSA) is 46.2 Å². The van der Waals surface area contributed by atoms with Crippen LogP contribution in [0.5, 0.6) is 0 Å². The summed E-state index contributed by atoms with van der Waals surface area (Å²) >= 11 is 1.65. The molecule has 0 amide bonds. The summed E-state index contributed by atoms with van der Waals surface area (Å²) in [6.45, 7) is 2.07. The third-order valence-corrected chi connectivity index (χ3v) is 2.45. The molecule has 1 unspecified atom stereocenters. The molecule has 0 aliphatic rings. The van der Waals surface area contributed by atoms with Crippen LogP contribution < -0.4 is 5.73 Å². The van der Waals surface area contributed by atoms with E-state index in [0.717, 1.165) is 0 Å². The second kappa shape index (κ2) is 3.34. The van der Waals surface area contributed by atoms with Gasteiger partial charge in [0.05, 0.1) is 5.60 Å². The van der Waals surface area contributed by atoms with Crippen LogP contribution >= 0.6 is 11.3 Å². The van der Waals surface area contributed by atoms with Crippen molar-refractivity contribution in [3.05, 3.63) is 22.4 Å². The molecule has 0 aliphatic carbocycles. The van der Waals surface area contributed by atoms with Crippen molar-refractivity contribution in [2.24, 2.45) is 5.73 Å². The van der Waals surface area contributed by atoms with Crippen molar-refractivity contribution in [1.29, 1.82) is 0 Å². The van der Waals surface area contributed by atoms with Crippen LogP contribution in [0.4, 0.5) is 0 Å². The lowest BCUT2D eigenvalue weighted by Gasteiger charge is -2.19. The summed E-state index contributed by atoms with van der Waals surface area (Å²) in [4.78, 5) is 1.18. The van der Waals surface area contributed by atoms with E-state index in [1.54, 1.807) is 18.3 Å². The summed E-state index contributed by atoms with van der Waals surface area (Å²) in [5.41, 5.74) is 4.63. The van der Waals surface area contributed by atoms with Gasteiger partial charge in [0.15, 0.2) is 0 Å². The fourth-order valence-corrected chi connectivity index (χ4v) is 1.74. The molecule has 1 heterocycles. The maximum atomic E-state index is 9.58. The van der Waals surface area contributed by atoms with E-state index in [1.165, 1.54) is 4.88 Å². The van der Waals surface area contributed by atoms with Crippen LogP contribution in [0.15, 0.2) is 17.5 Å².